The van der Waals surface area contributed by atoms with Gasteiger partial charge in [-0.15, -0.1) is 11.3 Å². The average molecular weight is 383 g/mol. The van der Waals surface area contributed by atoms with Gasteiger partial charge in [-0.25, -0.2) is 9.97 Å². The van der Waals surface area contributed by atoms with Crippen LogP contribution in [0.2, 0.25) is 0 Å². The highest BCUT2D eigenvalue weighted by atomic mass is 32.1. The van der Waals surface area contributed by atoms with Crippen molar-refractivity contribution in [2.45, 2.75) is 12.3 Å². The molecule has 0 aliphatic carbocycles. The van der Waals surface area contributed by atoms with E-state index < -0.39 is 17.8 Å². The van der Waals surface area contributed by atoms with Gasteiger partial charge in [0.25, 0.3) is 0 Å². The number of anilines is 1. The molecule has 2 heterocycles. The molecule has 1 atom stereocenters. The van der Waals surface area contributed by atoms with E-state index >= 15 is 0 Å². The Hall–Kier alpha value is -2.39. The van der Waals surface area contributed by atoms with Gasteiger partial charge in [0.1, 0.15) is 35.4 Å². The van der Waals surface area contributed by atoms with E-state index in [1.54, 1.807) is 11.9 Å². The third kappa shape index (κ3) is 4.23. The van der Waals surface area contributed by atoms with E-state index in [-0.39, 0.29) is 18.9 Å². The minimum atomic E-state index is -4.38. The van der Waals surface area contributed by atoms with Crippen LogP contribution in [0.5, 0.6) is 5.75 Å². The fraction of sp³-hybridized carbons (Fsp3) is 0.294. The van der Waals surface area contributed by atoms with Crippen molar-refractivity contribution >= 4 is 27.4 Å². The van der Waals surface area contributed by atoms with Crippen LogP contribution in [-0.2, 0) is 6.18 Å². The number of alkyl halides is 3. The number of hydrogen-bond acceptors (Lipinski definition) is 6. The van der Waals surface area contributed by atoms with Crippen LogP contribution in [0.1, 0.15) is 5.56 Å². The predicted molar refractivity (Wildman–Crippen MR) is 93.6 cm³/mol. The Morgan fingerprint density at radius 3 is 2.62 bits per heavy atom. The Labute approximate surface area is 151 Å². The molecule has 1 aromatic carbocycles. The molecule has 0 aliphatic rings. The fourth-order valence-electron chi connectivity index (χ4n) is 2.47. The molecule has 0 bridgehead atoms. The van der Waals surface area contributed by atoms with Gasteiger partial charge in [-0.2, -0.15) is 13.2 Å². The summed E-state index contributed by atoms with van der Waals surface area (Å²) in [6.45, 7) is 0.205. The van der Waals surface area contributed by atoms with Gasteiger partial charge in [0.15, 0.2) is 0 Å². The summed E-state index contributed by atoms with van der Waals surface area (Å²) >= 11 is 1.50. The van der Waals surface area contributed by atoms with Crippen LogP contribution in [0.3, 0.4) is 0 Å². The third-order valence-electron chi connectivity index (χ3n) is 3.71. The van der Waals surface area contributed by atoms with E-state index in [0.717, 1.165) is 22.3 Å². The van der Waals surface area contributed by atoms with Crippen LogP contribution in [0.15, 0.2) is 42.0 Å². The number of fused-ring (bicyclic) bond motifs is 1. The zero-order valence-corrected chi connectivity index (χ0v) is 14.6. The molecule has 0 spiro atoms. The minimum absolute atomic E-state index is 0.0480. The van der Waals surface area contributed by atoms with Gasteiger partial charge in [-0.05, 0) is 35.7 Å². The van der Waals surface area contributed by atoms with Gasteiger partial charge in [0, 0.05) is 13.6 Å². The van der Waals surface area contributed by atoms with E-state index in [4.69, 9.17) is 4.74 Å². The summed E-state index contributed by atoms with van der Waals surface area (Å²) < 4.78 is 43.0. The summed E-state index contributed by atoms with van der Waals surface area (Å²) in [5, 5.41) is 13.0. The van der Waals surface area contributed by atoms with Crippen LogP contribution in [0.25, 0.3) is 10.2 Å². The maximum absolute atomic E-state index is 12.5. The molecule has 0 fully saturated rings. The summed E-state index contributed by atoms with van der Waals surface area (Å²) in [4.78, 5) is 11.1. The molecule has 3 rings (SSSR count). The second-order valence-electron chi connectivity index (χ2n) is 5.70. The third-order valence-corrected chi connectivity index (χ3v) is 4.53. The lowest BCUT2D eigenvalue weighted by atomic mass is 10.2. The van der Waals surface area contributed by atoms with Crippen LogP contribution in [0.4, 0.5) is 19.0 Å². The zero-order chi connectivity index (χ0) is 18.7. The van der Waals surface area contributed by atoms with E-state index in [1.807, 2.05) is 11.4 Å². The molecule has 0 saturated heterocycles. The molecule has 0 amide bonds. The average Bonchev–Trinajstić information content (AvgIpc) is 3.08. The molecule has 3 aromatic rings. The lowest BCUT2D eigenvalue weighted by Crippen LogP contribution is -2.33. The highest BCUT2D eigenvalue weighted by Crippen LogP contribution is 2.30. The summed E-state index contributed by atoms with van der Waals surface area (Å²) in [6.07, 6.45) is -3.76. The van der Waals surface area contributed by atoms with Crippen LogP contribution in [0, 0.1) is 0 Å². The Balaban J connectivity index is 1.57. The van der Waals surface area contributed by atoms with Crippen LogP contribution < -0.4 is 9.64 Å². The quantitative estimate of drug-likeness (QED) is 0.705. The Bertz CT molecular complexity index is 868. The zero-order valence-electron chi connectivity index (χ0n) is 13.8. The predicted octanol–water partition coefficient (Wildman–Crippen LogP) is 3.59. The van der Waals surface area contributed by atoms with Crippen molar-refractivity contribution in [3.63, 3.8) is 0 Å². The molecular formula is C17H16F3N3O2S. The lowest BCUT2D eigenvalue weighted by molar-refractivity contribution is -0.137. The lowest BCUT2D eigenvalue weighted by Gasteiger charge is -2.22. The van der Waals surface area contributed by atoms with Crippen LogP contribution in [-0.4, -0.2) is 41.4 Å². The monoisotopic (exact) mass is 383 g/mol. The van der Waals surface area contributed by atoms with Crippen molar-refractivity contribution in [1.82, 2.24) is 9.97 Å². The number of benzene rings is 1. The summed E-state index contributed by atoms with van der Waals surface area (Å²) in [5.74, 6) is 0.965. The second kappa shape index (κ2) is 7.46. The Morgan fingerprint density at radius 2 is 1.92 bits per heavy atom. The number of rotatable bonds is 6. The first kappa shape index (κ1) is 18.4. The number of aliphatic hydroxyl groups excluding tert-OH is 1. The molecule has 26 heavy (non-hydrogen) atoms. The normalized spacial score (nSPS) is 13.0. The highest BCUT2D eigenvalue weighted by Gasteiger charge is 2.30. The molecular weight excluding hydrogens is 367 g/mol. The molecule has 138 valence electrons. The topological polar surface area (TPSA) is 58.5 Å². The van der Waals surface area contributed by atoms with Crippen molar-refractivity contribution < 1.29 is 23.0 Å². The number of aliphatic hydroxyl groups is 1. The van der Waals surface area contributed by atoms with Crippen LogP contribution >= 0.6 is 11.3 Å². The van der Waals surface area contributed by atoms with E-state index in [2.05, 4.69) is 9.97 Å². The number of halogens is 3. The molecule has 0 aliphatic heterocycles. The van der Waals surface area contributed by atoms with Crippen molar-refractivity contribution in [3.05, 3.63) is 47.6 Å². The summed E-state index contributed by atoms with van der Waals surface area (Å²) in [7, 11) is 1.79. The largest absolute Gasteiger partial charge is 0.491 e. The molecule has 1 N–H and O–H groups in total. The molecule has 0 unspecified atom stereocenters. The fourth-order valence-corrected chi connectivity index (χ4v) is 3.20. The SMILES string of the molecule is CN(C[C@@H](O)COc1ccc(C(F)(F)F)cc1)c1ncnc2sccc12. The first-order chi connectivity index (χ1) is 12.3. The van der Waals surface area contributed by atoms with Gasteiger partial charge in [0.05, 0.1) is 10.9 Å². The molecule has 0 radical (unpaired) electrons. The van der Waals surface area contributed by atoms with Gasteiger partial charge >= 0.3 is 6.18 Å². The number of aromatic nitrogens is 2. The number of hydrogen-bond donors (Lipinski definition) is 1. The number of nitrogens with zero attached hydrogens (tertiary/aromatic N) is 3. The first-order valence-corrected chi connectivity index (χ1v) is 8.60. The first-order valence-electron chi connectivity index (χ1n) is 7.72. The van der Waals surface area contributed by atoms with Crippen molar-refractivity contribution in [3.8, 4) is 5.75 Å². The maximum Gasteiger partial charge on any atom is 0.416 e. The van der Waals surface area contributed by atoms with E-state index in [1.165, 1.54) is 29.8 Å². The molecule has 5 nitrogen and oxygen atoms in total. The van der Waals surface area contributed by atoms with Gasteiger partial charge in [0.2, 0.25) is 0 Å². The number of ether oxygens (including phenoxy) is 1. The maximum atomic E-state index is 12.5. The standard InChI is InChI=1S/C17H16F3N3O2S/c1-23(15-14-6-7-26-16(14)22-10-21-15)8-12(24)9-25-13-4-2-11(3-5-13)17(18,19)20/h2-7,10,12,24H,8-9H2,1H3/t12-/m1/s1. The van der Waals surface area contributed by atoms with E-state index in [0.29, 0.717) is 5.82 Å². The number of thiophene rings is 1. The Morgan fingerprint density at radius 1 is 1.19 bits per heavy atom. The smallest absolute Gasteiger partial charge is 0.416 e. The molecule has 9 heteroatoms. The van der Waals surface area contributed by atoms with Crippen molar-refractivity contribution in [1.29, 1.82) is 0 Å². The molecule has 0 saturated carbocycles. The number of likely N-dealkylation sites (N-methyl/N-ethyl adjacent to an activating group) is 1. The molecule has 2 aromatic heterocycles. The Kier molecular flexibility index (Phi) is 5.28. The summed E-state index contributed by atoms with van der Waals surface area (Å²) in [6, 6.07) is 6.28. The van der Waals surface area contributed by atoms with Crippen molar-refractivity contribution in [2.24, 2.45) is 0 Å². The highest BCUT2D eigenvalue weighted by molar-refractivity contribution is 7.16. The van der Waals surface area contributed by atoms with E-state index in [9.17, 15) is 18.3 Å². The van der Waals surface area contributed by atoms with Gasteiger partial charge < -0.3 is 14.7 Å². The minimum Gasteiger partial charge on any atom is -0.491 e. The second-order valence-corrected chi connectivity index (χ2v) is 6.60. The van der Waals surface area contributed by atoms with Crippen molar-refractivity contribution in [2.75, 3.05) is 25.1 Å². The van der Waals surface area contributed by atoms with Gasteiger partial charge in [-0.1, -0.05) is 0 Å². The van der Waals surface area contributed by atoms with Gasteiger partial charge in [-0.3, -0.25) is 0 Å². The summed E-state index contributed by atoms with van der Waals surface area (Å²) in [5.41, 5.74) is -0.742.